The van der Waals surface area contributed by atoms with E-state index in [4.69, 9.17) is 0 Å². The number of thiophene rings is 2. The lowest BCUT2D eigenvalue weighted by Gasteiger charge is -2.24. The van der Waals surface area contributed by atoms with Crippen LogP contribution in [0.15, 0.2) is 82.8 Å². The van der Waals surface area contributed by atoms with E-state index in [0.717, 1.165) is 33.0 Å². The number of pyridine rings is 1. The average Bonchev–Trinajstić information content (AvgIpc) is 3.54. The monoisotopic (exact) mass is 433 g/mol. The summed E-state index contributed by atoms with van der Waals surface area (Å²) >= 11 is 3.13. The molecule has 1 aliphatic heterocycles. The molecular weight excluding hydrogens is 414 g/mol. The van der Waals surface area contributed by atoms with Gasteiger partial charge in [-0.2, -0.15) is 5.10 Å². The van der Waals surface area contributed by atoms with Crippen molar-refractivity contribution in [2.75, 3.05) is 0 Å². The molecule has 1 amide bonds. The molecule has 0 fully saturated rings. The molecular formula is C23H19N3O2S2. The Morgan fingerprint density at radius 1 is 1.17 bits per heavy atom. The van der Waals surface area contributed by atoms with Crippen LogP contribution >= 0.6 is 22.7 Å². The topological polar surface area (TPSA) is 65.8 Å². The predicted molar refractivity (Wildman–Crippen MR) is 121 cm³/mol. The molecule has 0 bridgehead atoms. The van der Waals surface area contributed by atoms with E-state index in [0.29, 0.717) is 23.5 Å². The maximum absolute atomic E-state index is 13.5. The molecule has 0 saturated heterocycles. The zero-order chi connectivity index (χ0) is 20.5. The van der Waals surface area contributed by atoms with Gasteiger partial charge in [0.2, 0.25) is 0 Å². The Hall–Kier alpha value is -3.03. The van der Waals surface area contributed by atoms with Crippen LogP contribution in [0.3, 0.4) is 0 Å². The fourth-order valence-electron chi connectivity index (χ4n) is 3.74. The van der Waals surface area contributed by atoms with E-state index in [2.05, 4.69) is 16.2 Å². The molecule has 1 aliphatic carbocycles. The number of hydrogen-bond donors (Lipinski definition) is 1. The van der Waals surface area contributed by atoms with Gasteiger partial charge in [-0.3, -0.25) is 9.78 Å². The molecule has 5 rings (SSSR count). The minimum absolute atomic E-state index is 0.147. The maximum Gasteiger partial charge on any atom is 0.284 e. The number of nitrogens with zero attached hydrogens (tertiary/aromatic N) is 3. The minimum atomic E-state index is -0.323. The molecule has 5 nitrogen and oxygen atoms in total. The van der Waals surface area contributed by atoms with Crippen LogP contribution in [-0.2, 0) is 0 Å². The zero-order valence-electron chi connectivity index (χ0n) is 16.1. The van der Waals surface area contributed by atoms with Crippen LogP contribution in [0.25, 0.3) is 9.75 Å². The van der Waals surface area contributed by atoms with Crippen LogP contribution in [-0.4, -0.2) is 32.8 Å². The van der Waals surface area contributed by atoms with Crippen molar-refractivity contribution < 1.29 is 9.90 Å². The van der Waals surface area contributed by atoms with Gasteiger partial charge in [0.25, 0.3) is 5.91 Å². The molecule has 2 aliphatic rings. The SMILES string of the molecule is O=C(c1ccc(-c2cccs2)s1)N1N=C(c2cccnc2)CC1C1=C(O)CCC=C1. The van der Waals surface area contributed by atoms with Crippen molar-refractivity contribution >= 4 is 34.3 Å². The zero-order valence-corrected chi connectivity index (χ0v) is 17.7. The second-order valence-corrected chi connectivity index (χ2v) is 9.17. The Kier molecular flexibility index (Phi) is 5.06. The van der Waals surface area contributed by atoms with E-state index >= 15 is 0 Å². The molecule has 1 unspecified atom stereocenters. The number of carbonyl (C=O) groups is 1. The summed E-state index contributed by atoms with van der Waals surface area (Å²) in [5.74, 6) is 0.194. The second-order valence-electron chi connectivity index (χ2n) is 7.14. The average molecular weight is 434 g/mol. The Morgan fingerprint density at radius 2 is 2.10 bits per heavy atom. The number of hydrogen-bond acceptors (Lipinski definition) is 6. The lowest BCUT2D eigenvalue weighted by molar-refractivity contribution is 0.0739. The number of aliphatic hydroxyl groups is 1. The van der Waals surface area contributed by atoms with Crippen molar-refractivity contribution in [1.29, 1.82) is 0 Å². The summed E-state index contributed by atoms with van der Waals surface area (Å²) in [5, 5.41) is 18.8. The molecule has 0 saturated carbocycles. The fourth-order valence-corrected chi connectivity index (χ4v) is 5.51. The number of aromatic nitrogens is 1. The van der Waals surface area contributed by atoms with Gasteiger partial charge in [0.1, 0.15) is 0 Å². The Balaban J connectivity index is 1.51. The van der Waals surface area contributed by atoms with Crippen molar-refractivity contribution in [3.8, 4) is 9.75 Å². The number of amides is 1. The molecule has 1 atom stereocenters. The quantitative estimate of drug-likeness (QED) is 0.578. The van der Waals surface area contributed by atoms with Crippen LogP contribution in [0.4, 0.5) is 0 Å². The number of carbonyl (C=O) groups excluding carboxylic acids is 1. The number of rotatable bonds is 4. The molecule has 3 aromatic rings. The van der Waals surface area contributed by atoms with Gasteiger partial charge in [0.15, 0.2) is 0 Å². The fraction of sp³-hybridized carbons (Fsp3) is 0.174. The van der Waals surface area contributed by atoms with Crippen LogP contribution < -0.4 is 0 Å². The second kappa shape index (κ2) is 8.01. The van der Waals surface area contributed by atoms with Crippen molar-refractivity contribution in [2.24, 2.45) is 5.10 Å². The van der Waals surface area contributed by atoms with Gasteiger partial charge < -0.3 is 5.11 Å². The molecule has 3 aromatic heterocycles. The van der Waals surface area contributed by atoms with Crippen molar-refractivity contribution in [3.05, 3.63) is 88.1 Å². The van der Waals surface area contributed by atoms with E-state index in [1.54, 1.807) is 23.7 Å². The van der Waals surface area contributed by atoms with Crippen LogP contribution in [0.2, 0.25) is 0 Å². The third-order valence-corrected chi connectivity index (χ3v) is 7.37. The van der Waals surface area contributed by atoms with Crippen molar-refractivity contribution in [3.63, 3.8) is 0 Å². The molecule has 0 spiro atoms. The third kappa shape index (κ3) is 3.51. The van der Waals surface area contributed by atoms with Crippen molar-refractivity contribution in [2.45, 2.75) is 25.3 Å². The first-order valence-corrected chi connectivity index (χ1v) is 11.4. The van der Waals surface area contributed by atoms with Gasteiger partial charge in [0.05, 0.1) is 22.4 Å². The highest BCUT2D eigenvalue weighted by atomic mass is 32.1. The minimum Gasteiger partial charge on any atom is -0.512 e. The summed E-state index contributed by atoms with van der Waals surface area (Å²) in [6.45, 7) is 0. The lowest BCUT2D eigenvalue weighted by Crippen LogP contribution is -2.34. The standard InChI is InChI=1S/C23H19N3O2S2/c27-19-7-2-1-6-16(19)18-13-17(15-5-3-11-24-14-15)25-26(18)23(28)22-10-9-21(30-22)20-8-4-12-29-20/h1,3-6,8-12,14,18,27H,2,7,13H2. The van der Waals surface area contributed by atoms with Crippen LogP contribution in [0.5, 0.6) is 0 Å². The summed E-state index contributed by atoms with van der Waals surface area (Å²) in [5.41, 5.74) is 2.46. The number of aliphatic hydroxyl groups excluding tert-OH is 1. The first kappa shape index (κ1) is 19.0. The molecule has 0 aromatic carbocycles. The van der Waals surface area contributed by atoms with Gasteiger partial charge in [-0.1, -0.05) is 24.3 Å². The Labute approximate surface area is 182 Å². The van der Waals surface area contributed by atoms with Crippen molar-refractivity contribution in [1.82, 2.24) is 9.99 Å². The highest BCUT2D eigenvalue weighted by molar-refractivity contribution is 7.22. The van der Waals surface area contributed by atoms with Gasteiger partial charge >= 0.3 is 0 Å². The molecule has 7 heteroatoms. The van der Waals surface area contributed by atoms with E-state index in [1.807, 2.05) is 47.9 Å². The molecule has 4 heterocycles. The Bertz CT molecular complexity index is 1160. The van der Waals surface area contributed by atoms with E-state index in [9.17, 15) is 9.90 Å². The van der Waals surface area contributed by atoms with Gasteiger partial charge in [-0.15, -0.1) is 22.7 Å². The van der Waals surface area contributed by atoms with Crippen LogP contribution in [0, 0.1) is 0 Å². The first-order valence-electron chi connectivity index (χ1n) is 9.74. The predicted octanol–water partition coefficient (Wildman–Crippen LogP) is 5.65. The summed E-state index contributed by atoms with van der Waals surface area (Å²) in [6.07, 6.45) is 9.39. The summed E-state index contributed by atoms with van der Waals surface area (Å²) in [4.78, 5) is 20.5. The Morgan fingerprint density at radius 3 is 2.87 bits per heavy atom. The lowest BCUT2D eigenvalue weighted by atomic mass is 9.93. The largest absolute Gasteiger partial charge is 0.512 e. The summed E-state index contributed by atoms with van der Waals surface area (Å²) < 4.78 is 0. The molecule has 150 valence electrons. The van der Waals surface area contributed by atoms with E-state index < -0.39 is 0 Å². The highest BCUT2D eigenvalue weighted by Crippen LogP contribution is 2.35. The van der Waals surface area contributed by atoms with Crippen LogP contribution in [0.1, 0.15) is 34.5 Å². The first-order chi connectivity index (χ1) is 14.7. The third-order valence-electron chi connectivity index (χ3n) is 5.23. The normalized spacial score (nSPS) is 18.7. The highest BCUT2D eigenvalue weighted by Gasteiger charge is 2.36. The smallest absolute Gasteiger partial charge is 0.284 e. The number of allylic oxidation sites excluding steroid dienone is 2. The van der Waals surface area contributed by atoms with E-state index in [1.165, 1.54) is 16.3 Å². The molecule has 30 heavy (non-hydrogen) atoms. The molecule has 1 N–H and O–H groups in total. The van der Waals surface area contributed by atoms with E-state index in [-0.39, 0.29) is 11.9 Å². The summed E-state index contributed by atoms with van der Waals surface area (Å²) in [7, 11) is 0. The van der Waals surface area contributed by atoms with Gasteiger partial charge in [-0.05, 0) is 36.1 Å². The maximum atomic E-state index is 13.5. The summed E-state index contributed by atoms with van der Waals surface area (Å²) in [6, 6.07) is 11.4. The van der Waals surface area contributed by atoms with Gasteiger partial charge in [0, 0.05) is 46.1 Å². The number of hydrazone groups is 1. The molecule has 0 radical (unpaired) electrons. The van der Waals surface area contributed by atoms with Gasteiger partial charge in [-0.25, -0.2) is 5.01 Å².